The minimum absolute atomic E-state index is 0.0565. The maximum Gasteiger partial charge on any atom is 0.295 e. The van der Waals surface area contributed by atoms with Crippen LogP contribution in [0.5, 0.6) is 5.75 Å². The van der Waals surface area contributed by atoms with E-state index in [2.05, 4.69) is 4.98 Å². The van der Waals surface area contributed by atoms with Crippen molar-refractivity contribution in [3.05, 3.63) is 101 Å². The highest BCUT2D eigenvalue weighted by molar-refractivity contribution is 6.46. The van der Waals surface area contributed by atoms with E-state index in [1.807, 2.05) is 0 Å². The summed E-state index contributed by atoms with van der Waals surface area (Å²) < 4.78 is 20.0. The van der Waals surface area contributed by atoms with Gasteiger partial charge >= 0.3 is 0 Å². The highest BCUT2D eigenvalue weighted by Crippen LogP contribution is 2.41. The molecule has 0 spiro atoms. The van der Waals surface area contributed by atoms with Crippen LogP contribution in [0.4, 0.5) is 4.39 Å². The van der Waals surface area contributed by atoms with E-state index >= 15 is 0 Å². The summed E-state index contributed by atoms with van der Waals surface area (Å²) in [5, 5.41) is 11.0. The number of amides is 1. The van der Waals surface area contributed by atoms with Gasteiger partial charge in [-0.2, -0.15) is 0 Å². The summed E-state index contributed by atoms with van der Waals surface area (Å²) in [6.45, 7) is 0.0565. The maximum atomic E-state index is 14.8. The van der Waals surface area contributed by atoms with E-state index in [4.69, 9.17) is 4.74 Å². The number of pyridine rings is 1. The summed E-state index contributed by atoms with van der Waals surface area (Å²) >= 11 is 0. The van der Waals surface area contributed by atoms with Crippen molar-refractivity contribution in [3.8, 4) is 5.75 Å². The van der Waals surface area contributed by atoms with Crippen LogP contribution in [-0.4, -0.2) is 33.8 Å². The maximum absolute atomic E-state index is 14.8. The van der Waals surface area contributed by atoms with Gasteiger partial charge in [-0.25, -0.2) is 4.39 Å². The van der Waals surface area contributed by atoms with Gasteiger partial charge in [-0.05, 0) is 35.9 Å². The number of benzene rings is 2. The van der Waals surface area contributed by atoms with Crippen LogP contribution in [0.3, 0.4) is 0 Å². The molecule has 7 heteroatoms. The first-order chi connectivity index (χ1) is 15.0. The van der Waals surface area contributed by atoms with E-state index < -0.39 is 23.5 Å². The molecule has 0 aliphatic carbocycles. The molecule has 1 aliphatic rings. The lowest BCUT2D eigenvalue weighted by Crippen LogP contribution is -2.29. The number of methoxy groups -OCH3 is 1. The summed E-state index contributed by atoms with van der Waals surface area (Å²) in [7, 11) is 1.48. The number of halogens is 1. The number of rotatable bonds is 5. The van der Waals surface area contributed by atoms with Crippen molar-refractivity contribution in [2.24, 2.45) is 0 Å². The Morgan fingerprint density at radius 3 is 2.55 bits per heavy atom. The molecule has 4 rings (SSSR count). The van der Waals surface area contributed by atoms with Crippen molar-refractivity contribution in [3.63, 3.8) is 0 Å². The number of Topliss-reactive ketones (excluding diaryl/α,β-unsaturated/α-hetero) is 1. The Labute approximate surface area is 178 Å². The Kier molecular flexibility index (Phi) is 5.49. The van der Waals surface area contributed by atoms with Gasteiger partial charge in [0.1, 0.15) is 17.3 Å². The molecule has 1 aliphatic heterocycles. The molecule has 31 heavy (non-hydrogen) atoms. The number of likely N-dealkylation sites (tertiary alicyclic amines) is 1. The normalized spacial score (nSPS) is 17.7. The van der Waals surface area contributed by atoms with E-state index in [1.54, 1.807) is 54.9 Å². The van der Waals surface area contributed by atoms with Gasteiger partial charge in [0.25, 0.3) is 11.7 Å². The van der Waals surface area contributed by atoms with Gasteiger partial charge in [-0.3, -0.25) is 14.6 Å². The van der Waals surface area contributed by atoms with Crippen molar-refractivity contribution in [1.82, 2.24) is 9.88 Å². The Morgan fingerprint density at radius 2 is 1.84 bits per heavy atom. The van der Waals surface area contributed by atoms with Gasteiger partial charge in [-0.15, -0.1) is 0 Å². The van der Waals surface area contributed by atoms with Crippen LogP contribution in [-0.2, 0) is 16.1 Å². The molecule has 1 amide bonds. The number of hydrogen-bond acceptors (Lipinski definition) is 5. The number of hydrogen-bond donors (Lipinski definition) is 1. The van der Waals surface area contributed by atoms with Crippen molar-refractivity contribution in [2.75, 3.05) is 7.11 Å². The predicted octanol–water partition coefficient (Wildman–Crippen LogP) is 3.85. The van der Waals surface area contributed by atoms with Crippen LogP contribution >= 0.6 is 0 Å². The molecule has 1 saturated heterocycles. The molecule has 2 aromatic carbocycles. The SMILES string of the molecule is COc1cccc(/C(O)=C2/C(=O)C(=O)N(Cc3ccncc3)C2c2ccccc2F)c1. The molecule has 6 nitrogen and oxygen atoms in total. The molecule has 1 N–H and O–H groups in total. The minimum Gasteiger partial charge on any atom is -0.507 e. The summed E-state index contributed by atoms with van der Waals surface area (Å²) in [5.41, 5.74) is 0.972. The minimum atomic E-state index is -1.08. The van der Waals surface area contributed by atoms with Gasteiger partial charge in [0, 0.05) is 30.1 Å². The summed E-state index contributed by atoms with van der Waals surface area (Å²) in [4.78, 5) is 31.2. The average Bonchev–Trinajstić information content (AvgIpc) is 3.04. The summed E-state index contributed by atoms with van der Waals surface area (Å²) in [6, 6.07) is 14.7. The highest BCUT2D eigenvalue weighted by Gasteiger charge is 2.46. The van der Waals surface area contributed by atoms with Crippen LogP contribution in [0.25, 0.3) is 5.76 Å². The fraction of sp³-hybridized carbons (Fsp3) is 0.125. The van der Waals surface area contributed by atoms with E-state index in [0.717, 1.165) is 5.56 Å². The Morgan fingerprint density at radius 1 is 1.10 bits per heavy atom. The first-order valence-electron chi connectivity index (χ1n) is 9.57. The number of aliphatic hydroxyl groups excluding tert-OH is 1. The first kappa shape index (κ1) is 20.3. The molecule has 156 valence electrons. The van der Waals surface area contributed by atoms with Gasteiger partial charge in [0.05, 0.1) is 18.7 Å². The summed E-state index contributed by atoms with van der Waals surface area (Å²) in [6.07, 6.45) is 3.14. The van der Waals surface area contributed by atoms with Crippen LogP contribution < -0.4 is 4.74 Å². The molecule has 1 atom stereocenters. The second-order valence-electron chi connectivity index (χ2n) is 7.04. The smallest absolute Gasteiger partial charge is 0.295 e. The van der Waals surface area contributed by atoms with Crippen molar-refractivity contribution in [2.45, 2.75) is 12.6 Å². The lowest BCUT2D eigenvalue weighted by Gasteiger charge is -2.25. The fourth-order valence-electron chi connectivity index (χ4n) is 3.67. The topological polar surface area (TPSA) is 79.7 Å². The largest absolute Gasteiger partial charge is 0.507 e. The molecule has 1 unspecified atom stereocenters. The highest BCUT2D eigenvalue weighted by atomic mass is 19.1. The predicted molar refractivity (Wildman–Crippen MR) is 111 cm³/mol. The average molecular weight is 418 g/mol. The molecule has 1 aromatic heterocycles. The Balaban J connectivity index is 1.89. The molecular formula is C24H19FN2O4. The second kappa shape index (κ2) is 8.39. The van der Waals surface area contributed by atoms with Crippen molar-refractivity contribution in [1.29, 1.82) is 0 Å². The molecule has 3 aromatic rings. The molecule has 0 radical (unpaired) electrons. The van der Waals surface area contributed by atoms with E-state index in [0.29, 0.717) is 11.3 Å². The molecule has 0 saturated carbocycles. The lowest BCUT2D eigenvalue weighted by molar-refractivity contribution is -0.140. The number of carbonyl (C=O) groups excluding carboxylic acids is 2. The fourth-order valence-corrected chi connectivity index (χ4v) is 3.67. The standard InChI is InChI=1S/C24H19FN2O4/c1-31-17-6-4-5-16(13-17)22(28)20-21(18-7-2-3-8-19(18)25)27(24(30)23(20)29)14-15-9-11-26-12-10-15/h2-13,21,28H,14H2,1H3/b22-20-. The zero-order valence-electron chi connectivity index (χ0n) is 16.7. The molecule has 2 heterocycles. The molecule has 1 fully saturated rings. The zero-order valence-corrected chi connectivity index (χ0v) is 16.7. The lowest BCUT2D eigenvalue weighted by atomic mass is 9.94. The third kappa shape index (κ3) is 3.77. The van der Waals surface area contributed by atoms with Crippen LogP contribution in [0.15, 0.2) is 78.6 Å². The zero-order chi connectivity index (χ0) is 22.0. The van der Waals surface area contributed by atoms with E-state index in [-0.39, 0.29) is 23.4 Å². The third-order valence-corrected chi connectivity index (χ3v) is 5.19. The summed E-state index contributed by atoms with van der Waals surface area (Å²) in [5.74, 6) is -2.18. The monoisotopic (exact) mass is 418 g/mol. The number of aliphatic hydroxyl groups is 1. The van der Waals surface area contributed by atoms with Crippen molar-refractivity contribution < 1.29 is 23.8 Å². The Hall–Kier alpha value is -4.00. The van der Waals surface area contributed by atoms with Crippen LogP contribution in [0.2, 0.25) is 0 Å². The van der Waals surface area contributed by atoms with Gasteiger partial charge in [0.15, 0.2) is 0 Å². The molecular weight excluding hydrogens is 399 g/mol. The van der Waals surface area contributed by atoms with Crippen molar-refractivity contribution >= 4 is 17.4 Å². The van der Waals surface area contributed by atoms with Gasteiger partial charge in [0.2, 0.25) is 0 Å². The number of nitrogens with zero attached hydrogens (tertiary/aromatic N) is 2. The quantitative estimate of drug-likeness (QED) is 0.387. The first-order valence-corrected chi connectivity index (χ1v) is 9.57. The van der Waals surface area contributed by atoms with Gasteiger partial charge in [-0.1, -0.05) is 30.3 Å². The third-order valence-electron chi connectivity index (χ3n) is 5.19. The number of ketones is 1. The number of ether oxygens (including phenoxy) is 1. The van der Waals surface area contributed by atoms with E-state index in [1.165, 1.54) is 30.2 Å². The number of aromatic nitrogens is 1. The Bertz CT molecular complexity index is 1180. The number of carbonyl (C=O) groups is 2. The molecule has 0 bridgehead atoms. The van der Waals surface area contributed by atoms with Gasteiger partial charge < -0.3 is 14.7 Å². The van der Waals surface area contributed by atoms with Crippen LogP contribution in [0.1, 0.15) is 22.7 Å². The van der Waals surface area contributed by atoms with E-state index in [9.17, 15) is 19.1 Å². The van der Waals surface area contributed by atoms with Crippen LogP contribution in [0, 0.1) is 5.82 Å². The second-order valence-corrected chi connectivity index (χ2v) is 7.04.